The summed E-state index contributed by atoms with van der Waals surface area (Å²) in [5.41, 5.74) is 3.78. The number of likely N-dealkylation sites (tertiary alicyclic amines) is 1. The monoisotopic (exact) mass is 372 g/mol. The fraction of sp³-hybridized carbons (Fsp3) is 0.238. The number of aromatic nitrogens is 5. The number of carbonyl (C=O) groups excluding carboxylic acids is 1. The number of aromatic amines is 1. The molecule has 1 aliphatic heterocycles. The van der Waals surface area contributed by atoms with Crippen LogP contribution in [0.2, 0.25) is 0 Å². The zero-order valence-corrected chi connectivity index (χ0v) is 15.3. The topological polar surface area (TPSA) is 79.2 Å². The van der Waals surface area contributed by atoms with Gasteiger partial charge in [-0.05, 0) is 24.5 Å². The normalized spacial score (nSPS) is 17.1. The Hall–Kier alpha value is -3.48. The lowest BCUT2D eigenvalue weighted by molar-refractivity contribution is 0.0700. The van der Waals surface area contributed by atoms with Crippen LogP contribution in [0.3, 0.4) is 0 Å². The van der Waals surface area contributed by atoms with Gasteiger partial charge in [-0.2, -0.15) is 5.10 Å². The van der Waals surface area contributed by atoms with Crippen LogP contribution >= 0.6 is 0 Å². The highest BCUT2D eigenvalue weighted by molar-refractivity contribution is 5.93. The van der Waals surface area contributed by atoms with Crippen LogP contribution in [0.25, 0.3) is 16.9 Å². The van der Waals surface area contributed by atoms with E-state index in [1.54, 1.807) is 16.8 Å². The van der Waals surface area contributed by atoms with E-state index in [0.717, 1.165) is 36.2 Å². The summed E-state index contributed by atoms with van der Waals surface area (Å²) in [5, 5.41) is 7.46. The maximum atomic E-state index is 13.0. The SMILES string of the molecule is O=C(c1cn2cccnc2n1)N1CCC[C@H](c2[nH]ncc2-c2ccccc2)C1. The van der Waals surface area contributed by atoms with Crippen molar-refractivity contribution in [2.75, 3.05) is 13.1 Å². The lowest BCUT2D eigenvalue weighted by Crippen LogP contribution is -2.39. The number of imidazole rings is 1. The predicted molar refractivity (Wildman–Crippen MR) is 105 cm³/mol. The summed E-state index contributed by atoms with van der Waals surface area (Å²) in [4.78, 5) is 23.5. The summed E-state index contributed by atoms with van der Waals surface area (Å²) in [6.07, 6.45) is 9.13. The maximum Gasteiger partial charge on any atom is 0.274 e. The second kappa shape index (κ2) is 6.92. The highest BCUT2D eigenvalue weighted by Gasteiger charge is 2.29. The number of piperidine rings is 1. The lowest BCUT2D eigenvalue weighted by Gasteiger charge is -2.32. The molecule has 1 aliphatic rings. The second-order valence-corrected chi connectivity index (χ2v) is 7.11. The Morgan fingerprint density at radius 3 is 2.93 bits per heavy atom. The Bertz CT molecular complexity index is 1080. The summed E-state index contributed by atoms with van der Waals surface area (Å²) in [5.74, 6) is 0.723. The molecule has 28 heavy (non-hydrogen) atoms. The van der Waals surface area contributed by atoms with E-state index in [1.165, 1.54) is 0 Å². The molecule has 3 aromatic heterocycles. The van der Waals surface area contributed by atoms with E-state index in [4.69, 9.17) is 0 Å². The smallest absolute Gasteiger partial charge is 0.274 e. The van der Waals surface area contributed by atoms with Gasteiger partial charge in [0.05, 0.1) is 6.20 Å². The first kappa shape index (κ1) is 16.7. The van der Waals surface area contributed by atoms with Crippen molar-refractivity contribution in [3.05, 3.63) is 72.6 Å². The van der Waals surface area contributed by atoms with Crippen molar-refractivity contribution in [2.45, 2.75) is 18.8 Å². The van der Waals surface area contributed by atoms with Gasteiger partial charge in [0.2, 0.25) is 5.78 Å². The summed E-state index contributed by atoms with van der Waals surface area (Å²) in [6, 6.07) is 12.1. The van der Waals surface area contributed by atoms with Gasteiger partial charge in [0, 0.05) is 48.9 Å². The number of amides is 1. The van der Waals surface area contributed by atoms with Gasteiger partial charge < -0.3 is 4.90 Å². The van der Waals surface area contributed by atoms with Crippen molar-refractivity contribution in [2.24, 2.45) is 0 Å². The maximum absolute atomic E-state index is 13.0. The van der Waals surface area contributed by atoms with E-state index in [2.05, 4.69) is 32.3 Å². The molecule has 0 bridgehead atoms. The van der Waals surface area contributed by atoms with Gasteiger partial charge >= 0.3 is 0 Å². The number of H-pyrrole nitrogens is 1. The highest BCUT2D eigenvalue weighted by atomic mass is 16.2. The minimum atomic E-state index is -0.0454. The van der Waals surface area contributed by atoms with Crippen molar-refractivity contribution in [1.82, 2.24) is 29.5 Å². The average molecular weight is 372 g/mol. The van der Waals surface area contributed by atoms with E-state index in [1.807, 2.05) is 41.6 Å². The van der Waals surface area contributed by atoms with Gasteiger partial charge in [-0.3, -0.25) is 14.3 Å². The first-order chi connectivity index (χ1) is 13.8. The number of benzene rings is 1. The minimum absolute atomic E-state index is 0.0454. The molecule has 1 amide bonds. The molecule has 1 N–H and O–H groups in total. The fourth-order valence-corrected chi connectivity index (χ4v) is 3.95. The van der Waals surface area contributed by atoms with Crippen LogP contribution in [0.4, 0.5) is 0 Å². The summed E-state index contributed by atoms with van der Waals surface area (Å²) < 4.78 is 1.77. The molecule has 7 heteroatoms. The van der Waals surface area contributed by atoms with Crippen LogP contribution in [0, 0.1) is 0 Å². The molecule has 5 rings (SSSR count). The van der Waals surface area contributed by atoms with E-state index in [0.29, 0.717) is 18.0 Å². The number of fused-ring (bicyclic) bond motifs is 1. The molecule has 0 radical (unpaired) electrons. The Kier molecular flexibility index (Phi) is 4.12. The molecular weight excluding hydrogens is 352 g/mol. The van der Waals surface area contributed by atoms with Crippen molar-refractivity contribution < 1.29 is 4.79 Å². The molecule has 4 heterocycles. The Morgan fingerprint density at radius 1 is 1.18 bits per heavy atom. The van der Waals surface area contributed by atoms with Crippen LogP contribution < -0.4 is 0 Å². The number of nitrogens with zero attached hydrogens (tertiary/aromatic N) is 5. The second-order valence-electron chi connectivity index (χ2n) is 7.11. The van der Waals surface area contributed by atoms with Gasteiger partial charge in [0.15, 0.2) is 0 Å². The molecule has 1 saturated heterocycles. The van der Waals surface area contributed by atoms with E-state index < -0.39 is 0 Å². The third-order valence-corrected chi connectivity index (χ3v) is 5.33. The van der Waals surface area contributed by atoms with E-state index >= 15 is 0 Å². The molecule has 1 aromatic carbocycles. The van der Waals surface area contributed by atoms with Gasteiger partial charge in [-0.25, -0.2) is 9.97 Å². The molecule has 4 aromatic rings. The minimum Gasteiger partial charge on any atom is -0.337 e. The number of hydrogen-bond donors (Lipinski definition) is 1. The number of carbonyl (C=O) groups is 1. The zero-order chi connectivity index (χ0) is 18.9. The molecule has 1 atom stereocenters. The van der Waals surface area contributed by atoms with Crippen molar-refractivity contribution in [3.63, 3.8) is 0 Å². The largest absolute Gasteiger partial charge is 0.337 e. The molecule has 0 spiro atoms. The third-order valence-electron chi connectivity index (χ3n) is 5.33. The summed E-state index contributed by atoms with van der Waals surface area (Å²) >= 11 is 0. The molecule has 7 nitrogen and oxygen atoms in total. The summed E-state index contributed by atoms with van der Waals surface area (Å²) in [7, 11) is 0. The molecular formula is C21H20N6O. The number of nitrogens with one attached hydrogen (secondary N) is 1. The van der Waals surface area contributed by atoms with Crippen LogP contribution in [0.5, 0.6) is 0 Å². The predicted octanol–water partition coefficient (Wildman–Crippen LogP) is 3.14. The van der Waals surface area contributed by atoms with Crippen molar-refractivity contribution in [3.8, 4) is 11.1 Å². The number of hydrogen-bond acceptors (Lipinski definition) is 4. The van der Waals surface area contributed by atoms with Gasteiger partial charge in [-0.1, -0.05) is 30.3 Å². The van der Waals surface area contributed by atoms with Crippen molar-refractivity contribution >= 4 is 11.7 Å². The van der Waals surface area contributed by atoms with Gasteiger partial charge in [0.1, 0.15) is 5.69 Å². The first-order valence-corrected chi connectivity index (χ1v) is 9.47. The van der Waals surface area contributed by atoms with Crippen LogP contribution in [0.15, 0.2) is 61.2 Å². The van der Waals surface area contributed by atoms with Gasteiger partial charge in [-0.15, -0.1) is 0 Å². The zero-order valence-electron chi connectivity index (χ0n) is 15.3. The molecule has 1 fully saturated rings. The van der Waals surface area contributed by atoms with Crippen LogP contribution in [0.1, 0.15) is 34.9 Å². The standard InChI is InChI=1S/C21H20N6O/c28-20(18-14-27-11-5-9-22-21(27)24-18)26-10-4-8-16(13-26)19-17(12-23-25-19)15-6-2-1-3-7-15/h1-3,5-7,9,11-12,14,16H,4,8,10,13H2,(H,23,25)/t16-/m0/s1. The first-order valence-electron chi connectivity index (χ1n) is 9.47. The average Bonchev–Trinajstić information content (AvgIpc) is 3.41. The fourth-order valence-electron chi connectivity index (χ4n) is 3.95. The van der Waals surface area contributed by atoms with E-state index in [-0.39, 0.29) is 11.8 Å². The van der Waals surface area contributed by atoms with Gasteiger partial charge in [0.25, 0.3) is 5.91 Å². The number of rotatable bonds is 3. The van der Waals surface area contributed by atoms with Crippen LogP contribution in [-0.4, -0.2) is 48.5 Å². The molecule has 0 aliphatic carbocycles. The third kappa shape index (κ3) is 2.94. The molecule has 0 saturated carbocycles. The molecule has 0 unspecified atom stereocenters. The Labute approximate surface area is 162 Å². The summed E-state index contributed by atoms with van der Waals surface area (Å²) in [6.45, 7) is 1.40. The molecule has 140 valence electrons. The highest BCUT2D eigenvalue weighted by Crippen LogP contribution is 2.33. The van der Waals surface area contributed by atoms with Crippen molar-refractivity contribution in [1.29, 1.82) is 0 Å². The Balaban J connectivity index is 1.40. The Morgan fingerprint density at radius 2 is 2.07 bits per heavy atom. The quantitative estimate of drug-likeness (QED) is 0.599. The lowest BCUT2D eigenvalue weighted by atomic mass is 9.90. The van der Waals surface area contributed by atoms with E-state index in [9.17, 15) is 4.79 Å². The van der Waals surface area contributed by atoms with Crippen LogP contribution in [-0.2, 0) is 0 Å².